The van der Waals surface area contributed by atoms with Crippen molar-refractivity contribution in [2.75, 3.05) is 0 Å². The SMILES string of the molecule is CCC(C)C(NC(=O)C(CCC(N)=O)NC(=O)C(C)N)C(=O)NC(Cc1ccccc1)C(=O)O. The van der Waals surface area contributed by atoms with E-state index in [9.17, 15) is 29.1 Å². The van der Waals surface area contributed by atoms with Crippen LogP contribution < -0.4 is 27.4 Å². The highest BCUT2D eigenvalue weighted by Gasteiger charge is 2.32. The third-order valence-corrected chi connectivity index (χ3v) is 5.42. The van der Waals surface area contributed by atoms with Gasteiger partial charge in [-0.1, -0.05) is 50.6 Å². The molecular weight excluding hydrogens is 442 g/mol. The maximum absolute atomic E-state index is 13.0. The molecule has 0 spiro atoms. The van der Waals surface area contributed by atoms with Crippen LogP contribution in [0.3, 0.4) is 0 Å². The Kier molecular flexibility index (Phi) is 11.7. The highest BCUT2D eigenvalue weighted by Crippen LogP contribution is 2.11. The van der Waals surface area contributed by atoms with Crippen LogP contribution in [0.1, 0.15) is 45.6 Å². The molecule has 4 amide bonds. The van der Waals surface area contributed by atoms with Gasteiger partial charge in [-0.2, -0.15) is 0 Å². The van der Waals surface area contributed by atoms with Gasteiger partial charge < -0.3 is 32.5 Å². The number of benzene rings is 1. The van der Waals surface area contributed by atoms with Crippen LogP contribution in [0.5, 0.6) is 0 Å². The van der Waals surface area contributed by atoms with E-state index in [1.165, 1.54) is 6.92 Å². The van der Waals surface area contributed by atoms with Crippen molar-refractivity contribution in [3.8, 4) is 0 Å². The van der Waals surface area contributed by atoms with Gasteiger partial charge in [0, 0.05) is 12.8 Å². The van der Waals surface area contributed by atoms with Crippen molar-refractivity contribution in [1.82, 2.24) is 16.0 Å². The Morgan fingerprint density at radius 2 is 1.50 bits per heavy atom. The highest BCUT2D eigenvalue weighted by molar-refractivity contribution is 5.94. The van der Waals surface area contributed by atoms with Gasteiger partial charge in [0.15, 0.2) is 0 Å². The van der Waals surface area contributed by atoms with E-state index in [2.05, 4.69) is 16.0 Å². The first-order valence-electron chi connectivity index (χ1n) is 11.2. The number of hydrogen-bond donors (Lipinski definition) is 6. The maximum Gasteiger partial charge on any atom is 0.326 e. The number of carboxylic acid groups (broad SMARTS) is 1. The van der Waals surface area contributed by atoms with E-state index in [4.69, 9.17) is 11.5 Å². The molecule has 5 atom stereocenters. The average molecular weight is 478 g/mol. The number of carbonyl (C=O) groups is 5. The van der Waals surface area contributed by atoms with Crippen molar-refractivity contribution in [1.29, 1.82) is 0 Å². The summed E-state index contributed by atoms with van der Waals surface area (Å²) < 4.78 is 0. The van der Waals surface area contributed by atoms with E-state index >= 15 is 0 Å². The third kappa shape index (κ3) is 9.57. The number of carbonyl (C=O) groups excluding carboxylic acids is 4. The second-order valence-electron chi connectivity index (χ2n) is 8.32. The van der Waals surface area contributed by atoms with Crippen LogP contribution in [0.25, 0.3) is 0 Å². The number of amides is 4. The van der Waals surface area contributed by atoms with Crippen molar-refractivity contribution in [2.45, 2.75) is 70.6 Å². The second kappa shape index (κ2) is 13.9. The number of hydrogen-bond acceptors (Lipinski definition) is 6. The minimum absolute atomic E-state index is 0.0643. The number of nitrogens with two attached hydrogens (primary N) is 2. The molecule has 0 aromatic heterocycles. The number of nitrogens with one attached hydrogen (secondary N) is 3. The first-order chi connectivity index (χ1) is 16.0. The molecule has 1 aromatic carbocycles. The Morgan fingerprint density at radius 3 is 2.00 bits per heavy atom. The lowest BCUT2D eigenvalue weighted by molar-refractivity contribution is -0.142. The Hall–Kier alpha value is -3.47. The van der Waals surface area contributed by atoms with E-state index in [0.29, 0.717) is 6.42 Å². The molecule has 0 heterocycles. The molecule has 0 radical (unpaired) electrons. The fourth-order valence-corrected chi connectivity index (χ4v) is 3.13. The van der Waals surface area contributed by atoms with Gasteiger partial charge in [-0.15, -0.1) is 0 Å². The standard InChI is InChI=1S/C23H35N5O6/c1-4-13(2)19(22(32)27-17(23(33)34)12-15-8-6-5-7-9-15)28-21(31)16(10-11-18(25)29)26-20(30)14(3)24/h5-9,13-14,16-17,19H,4,10-12,24H2,1-3H3,(H2,25,29)(H,26,30)(H,27,32)(H,28,31)(H,33,34). The van der Waals surface area contributed by atoms with Gasteiger partial charge in [0.25, 0.3) is 0 Å². The summed E-state index contributed by atoms with van der Waals surface area (Å²) in [4.78, 5) is 61.0. The molecule has 0 bridgehead atoms. The van der Waals surface area contributed by atoms with E-state index in [1.54, 1.807) is 37.3 Å². The summed E-state index contributed by atoms with van der Waals surface area (Å²) in [5.41, 5.74) is 11.4. The Morgan fingerprint density at radius 1 is 0.912 bits per heavy atom. The molecule has 0 aliphatic carbocycles. The van der Waals surface area contributed by atoms with Gasteiger partial charge in [0.2, 0.25) is 23.6 Å². The topological polar surface area (TPSA) is 194 Å². The van der Waals surface area contributed by atoms with Gasteiger partial charge in [0.1, 0.15) is 18.1 Å². The summed E-state index contributed by atoms with van der Waals surface area (Å²) in [6, 6.07) is 4.51. The first-order valence-corrected chi connectivity index (χ1v) is 11.2. The molecule has 0 fully saturated rings. The van der Waals surface area contributed by atoms with Gasteiger partial charge in [-0.05, 0) is 24.8 Å². The molecule has 1 rings (SSSR count). The Labute approximate surface area is 199 Å². The van der Waals surface area contributed by atoms with Crippen LogP contribution in [0.2, 0.25) is 0 Å². The molecule has 11 nitrogen and oxygen atoms in total. The summed E-state index contributed by atoms with van der Waals surface area (Å²) in [5.74, 6) is -4.20. The second-order valence-corrected chi connectivity index (χ2v) is 8.32. The zero-order valence-corrected chi connectivity index (χ0v) is 19.7. The molecule has 11 heteroatoms. The quantitative estimate of drug-likeness (QED) is 0.206. The predicted molar refractivity (Wildman–Crippen MR) is 125 cm³/mol. The summed E-state index contributed by atoms with van der Waals surface area (Å²) in [6.45, 7) is 4.99. The molecule has 5 unspecified atom stereocenters. The molecule has 1 aromatic rings. The van der Waals surface area contributed by atoms with Crippen molar-refractivity contribution in [3.05, 3.63) is 35.9 Å². The number of primary amides is 1. The lowest BCUT2D eigenvalue weighted by Gasteiger charge is -2.28. The monoisotopic (exact) mass is 477 g/mol. The smallest absolute Gasteiger partial charge is 0.326 e. The maximum atomic E-state index is 13.0. The van der Waals surface area contributed by atoms with Crippen molar-refractivity contribution < 1.29 is 29.1 Å². The largest absolute Gasteiger partial charge is 0.480 e. The minimum Gasteiger partial charge on any atom is -0.480 e. The van der Waals surface area contributed by atoms with Crippen LogP contribution in [-0.2, 0) is 30.4 Å². The lowest BCUT2D eigenvalue weighted by Crippen LogP contribution is -2.58. The van der Waals surface area contributed by atoms with Gasteiger partial charge >= 0.3 is 5.97 Å². The molecule has 0 saturated heterocycles. The summed E-state index contributed by atoms with van der Waals surface area (Å²) >= 11 is 0. The van der Waals surface area contributed by atoms with Crippen LogP contribution in [-0.4, -0.2) is 58.9 Å². The Balaban J connectivity index is 3.02. The van der Waals surface area contributed by atoms with E-state index in [0.717, 1.165) is 5.56 Å². The fourth-order valence-electron chi connectivity index (χ4n) is 3.13. The molecular formula is C23H35N5O6. The highest BCUT2D eigenvalue weighted by atomic mass is 16.4. The van der Waals surface area contributed by atoms with Gasteiger partial charge in [-0.25, -0.2) is 4.79 Å². The van der Waals surface area contributed by atoms with Crippen LogP contribution >= 0.6 is 0 Å². The predicted octanol–water partition coefficient (Wildman–Crippen LogP) is -0.573. The van der Waals surface area contributed by atoms with Crippen molar-refractivity contribution in [2.24, 2.45) is 17.4 Å². The number of carboxylic acids is 1. The van der Waals surface area contributed by atoms with Gasteiger partial charge in [-0.3, -0.25) is 19.2 Å². The first kappa shape index (κ1) is 28.6. The van der Waals surface area contributed by atoms with Crippen molar-refractivity contribution in [3.63, 3.8) is 0 Å². The molecule has 0 aliphatic rings. The average Bonchev–Trinajstić information content (AvgIpc) is 2.79. The minimum atomic E-state index is -1.21. The van der Waals surface area contributed by atoms with Gasteiger partial charge in [0.05, 0.1) is 6.04 Å². The number of aliphatic carboxylic acids is 1. The summed E-state index contributed by atoms with van der Waals surface area (Å²) in [6.07, 6.45) is 0.317. The molecule has 0 saturated carbocycles. The zero-order chi connectivity index (χ0) is 25.8. The van der Waals surface area contributed by atoms with E-state index < -0.39 is 53.8 Å². The molecule has 188 valence electrons. The van der Waals surface area contributed by atoms with Crippen LogP contribution in [0.4, 0.5) is 0 Å². The lowest BCUT2D eigenvalue weighted by atomic mass is 9.96. The normalized spacial score (nSPS) is 15.2. The van der Waals surface area contributed by atoms with E-state index in [1.807, 2.05) is 6.92 Å². The summed E-state index contributed by atoms with van der Waals surface area (Å²) in [7, 11) is 0. The third-order valence-electron chi connectivity index (χ3n) is 5.42. The van der Waals surface area contributed by atoms with Crippen LogP contribution in [0, 0.1) is 5.92 Å². The molecule has 0 aliphatic heterocycles. The van der Waals surface area contributed by atoms with Crippen LogP contribution in [0.15, 0.2) is 30.3 Å². The fraction of sp³-hybridized carbons (Fsp3) is 0.522. The molecule has 8 N–H and O–H groups in total. The van der Waals surface area contributed by atoms with Crippen molar-refractivity contribution >= 4 is 29.6 Å². The zero-order valence-electron chi connectivity index (χ0n) is 19.7. The van der Waals surface area contributed by atoms with E-state index in [-0.39, 0.29) is 25.2 Å². The molecule has 34 heavy (non-hydrogen) atoms. The number of rotatable bonds is 14. The Bertz CT molecular complexity index is 861. The summed E-state index contributed by atoms with van der Waals surface area (Å²) in [5, 5.41) is 17.1.